The highest BCUT2D eigenvalue weighted by Crippen LogP contribution is 2.31. The van der Waals surface area contributed by atoms with Crippen molar-refractivity contribution < 1.29 is 4.79 Å². The highest BCUT2D eigenvalue weighted by molar-refractivity contribution is 5.81. The summed E-state index contributed by atoms with van der Waals surface area (Å²) < 4.78 is 0. The first-order valence-electron chi connectivity index (χ1n) is 6.50. The van der Waals surface area contributed by atoms with Gasteiger partial charge in [0.05, 0.1) is 6.04 Å². The zero-order valence-corrected chi connectivity index (χ0v) is 10.2. The number of rotatable bonds is 5. The molecule has 0 aromatic heterocycles. The summed E-state index contributed by atoms with van der Waals surface area (Å²) in [6, 6.07) is 0.0290. The summed E-state index contributed by atoms with van der Waals surface area (Å²) in [7, 11) is 0. The Hall–Kier alpha value is -0.610. The van der Waals surface area contributed by atoms with Crippen LogP contribution in [0.3, 0.4) is 0 Å². The van der Waals surface area contributed by atoms with Crippen molar-refractivity contribution in [3.63, 3.8) is 0 Å². The fourth-order valence-corrected chi connectivity index (χ4v) is 2.19. The van der Waals surface area contributed by atoms with Crippen LogP contribution in [0.2, 0.25) is 0 Å². The van der Waals surface area contributed by atoms with Crippen LogP contribution in [0.5, 0.6) is 0 Å². The molecule has 2 aliphatic rings. The smallest absolute Gasteiger partial charge is 0.237 e. The monoisotopic (exact) mass is 225 g/mol. The summed E-state index contributed by atoms with van der Waals surface area (Å²) in [5.74, 6) is 1.09. The van der Waals surface area contributed by atoms with Crippen LogP contribution in [0.25, 0.3) is 0 Å². The normalized spacial score (nSPS) is 24.1. The molecule has 4 nitrogen and oxygen atoms in total. The van der Waals surface area contributed by atoms with Gasteiger partial charge in [-0.3, -0.25) is 9.69 Å². The van der Waals surface area contributed by atoms with E-state index in [-0.39, 0.29) is 11.9 Å². The van der Waals surface area contributed by atoms with Gasteiger partial charge in [0.15, 0.2) is 0 Å². The van der Waals surface area contributed by atoms with Crippen LogP contribution in [-0.2, 0) is 4.79 Å². The maximum absolute atomic E-state index is 11.9. The Morgan fingerprint density at radius 1 is 1.44 bits per heavy atom. The van der Waals surface area contributed by atoms with Crippen molar-refractivity contribution in [2.45, 2.75) is 32.2 Å². The van der Waals surface area contributed by atoms with Crippen LogP contribution in [0.4, 0.5) is 0 Å². The van der Waals surface area contributed by atoms with Gasteiger partial charge in [-0.05, 0) is 19.3 Å². The molecule has 2 fully saturated rings. The standard InChI is InChI=1S/C12H23N3O/c1-10(15-8-6-13-7-9-15)12(16)14-5-4-11-2-3-11/h10-11,13H,2-9H2,1H3,(H,14,16). The van der Waals surface area contributed by atoms with Gasteiger partial charge in [0, 0.05) is 32.7 Å². The van der Waals surface area contributed by atoms with Gasteiger partial charge in [0.25, 0.3) is 0 Å². The Morgan fingerprint density at radius 2 is 2.12 bits per heavy atom. The number of amides is 1. The van der Waals surface area contributed by atoms with Crippen molar-refractivity contribution in [3.8, 4) is 0 Å². The number of hydrogen-bond donors (Lipinski definition) is 2. The Balaban J connectivity index is 1.65. The second kappa shape index (κ2) is 5.64. The lowest BCUT2D eigenvalue weighted by molar-refractivity contribution is -0.126. The van der Waals surface area contributed by atoms with Gasteiger partial charge in [-0.1, -0.05) is 12.8 Å². The molecule has 1 amide bonds. The lowest BCUT2D eigenvalue weighted by Crippen LogP contribution is -2.52. The molecule has 1 aliphatic heterocycles. The van der Waals surface area contributed by atoms with Crippen molar-refractivity contribution in [1.82, 2.24) is 15.5 Å². The van der Waals surface area contributed by atoms with Gasteiger partial charge in [0.2, 0.25) is 5.91 Å². The van der Waals surface area contributed by atoms with Gasteiger partial charge in [0.1, 0.15) is 0 Å². The Morgan fingerprint density at radius 3 is 2.75 bits per heavy atom. The molecule has 2 rings (SSSR count). The maximum atomic E-state index is 11.9. The maximum Gasteiger partial charge on any atom is 0.237 e. The van der Waals surface area contributed by atoms with Crippen LogP contribution >= 0.6 is 0 Å². The zero-order chi connectivity index (χ0) is 11.4. The van der Waals surface area contributed by atoms with E-state index >= 15 is 0 Å². The van der Waals surface area contributed by atoms with Crippen LogP contribution in [-0.4, -0.2) is 49.6 Å². The molecule has 16 heavy (non-hydrogen) atoms. The first-order chi connectivity index (χ1) is 7.77. The minimum Gasteiger partial charge on any atom is -0.355 e. The molecule has 0 bridgehead atoms. The number of carbonyl (C=O) groups excluding carboxylic acids is 1. The van der Waals surface area contributed by atoms with E-state index in [0.29, 0.717) is 0 Å². The SMILES string of the molecule is CC(C(=O)NCCC1CC1)N1CCNCC1. The van der Waals surface area contributed by atoms with E-state index < -0.39 is 0 Å². The number of piperazine rings is 1. The van der Waals surface area contributed by atoms with Crippen molar-refractivity contribution in [2.75, 3.05) is 32.7 Å². The average Bonchev–Trinajstić information content (AvgIpc) is 3.13. The number of carbonyl (C=O) groups is 1. The molecule has 1 saturated heterocycles. The molecule has 1 unspecified atom stereocenters. The van der Waals surface area contributed by atoms with Gasteiger partial charge in [-0.25, -0.2) is 0 Å². The molecule has 1 aliphatic carbocycles. The van der Waals surface area contributed by atoms with Crippen molar-refractivity contribution in [2.24, 2.45) is 5.92 Å². The molecule has 0 radical (unpaired) electrons. The Kier molecular flexibility index (Phi) is 4.18. The van der Waals surface area contributed by atoms with Crippen LogP contribution in [0.15, 0.2) is 0 Å². The third kappa shape index (κ3) is 3.46. The van der Waals surface area contributed by atoms with E-state index in [9.17, 15) is 4.79 Å². The van der Waals surface area contributed by atoms with Crippen LogP contribution in [0, 0.1) is 5.92 Å². The molecule has 0 spiro atoms. The number of nitrogens with one attached hydrogen (secondary N) is 2. The molecule has 92 valence electrons. The topological polar surface area (TPSA) is 44.4 Å². The second-order valence-corrected chi connectivity index (χ2v) is 4.99. The van der Waals surface area contributed by atoms with Crippen LogP contribution < -0.4 is 10.6 Å². The largest absolute Gasteiger partial charge is 0.355 e. The predicted octanol–water partition coefficient (Wildman–Crippen LogP) is 0.196. The Labute approximate surface area is 97.8 Å². The van der Waals surface area contributed by atoms with Gasteiger partial charge < -0.3 is 10.6 Å². The Bertz CT molecular complexity index is 234. The summed E-state index contributed by atoms with van der Waals surface area (Å²) in [6.07, 6.45) is 3.90. The first-order valence-corrected chi connectivity index (χ1v) is 6.50. The molecule has 0 aromatic rings. The third-order valence-electron chi connectivity index (χ3n) is 3.63. The summed E-state index contributed by atoms with van der Waals surface area (Å²) in [5, 5.41) is 6.35. The molecule has 1 heterocycles. The number of nitrogens with zero attached hydrogens (tertiary/aromatic N) is 1. The van der Waals surface area contributed by atoms with Gasteiger partial charge in [-0.15, -0.1) is 0 Å². The summed E-state index contributed by atoms with van der Waals surface area (Å²) in [5.41, 5.74) is 0. The lowest BCUT2D eigenvalue weighted by atomic mass is 10.2. The summed E-state index contributed by atoms with van der Waals surface area (Å²) in [4.78, 5) is 14.1. The third-order valence-corrected chi connectivity index (χ3v) is 3.63. The van der Waals surface area contributed by atoms with E-state index in [0.717, 1.165) is 38.6 Å². The molecule has 1 saturated carbocycles. The van der Waals surface area contributed by atoms with Crippen molar-refractivity contribution >= 4 is 5.91 Å². The fourth-order valence-electron chi connectivity index (χ4n) is 2.19. The average molecular weight is 225 g/mol. The van der Waals surface area contributed by atoms with Gasteiger partial charge in [-0.2, -0.15) is 0 Å². The van der Waals surface area contributed by atoms with E-state index in [4.69, 9.17) is 0 Å². The van der Waals surface area contributed by atoms with E-state index in [2.05, 4.69) is 15.5 Å². The fraction of sp³-hybridized carbons (Fsp3) is 0.917. The first kappa shape index (κ1) is 11.9. The van der Waals surface area contributed by atoms with Crippen LogP contribution in [0.1, 0.15) is 26.2 Å². The molecule has 2 N–H and O–H groups in total. The minimum absolute atomic E-state index is 0.0290. The molecular weight excluding hydrogens is 202 g/mol. The highest BCUT2D eigenvalue weighted by Gasteiger charge is 2.24. The lowest BCUT2D eigenvalue weighted by Gasteiger charge is -2.31. The molecule has 1 atom stereocenters. The molecule has 0 aromatic carbocycles. The second-order valence-electron chi connectivity index (χ2n) is 4.99. The predicted molar refractivity (Wildman–Crippen MR) is 64.3 cm³/mol. The quantitative estimate of drug-likeness (QED) is 0.702. The molecular formula is C12H23N3O. The number of hydrogen-bond acceptors (Lipinski definition) is 3. The van der Waals surface area contributed by atoms with E-state index in [1.165, 1.54) is 19.3 Å². The molecule has 4 heteroatoms. The highest BCUT2D eigenvalue weighted by atomic mass is 16.2. The van der Waals surface area contributed by atoms with E-state index in [1.54, 1.807) is 0 Å². The summed E-state index contributed by atoms with van der Waals surface area (Å²) in [6.45, 7) is 6.84. The summed E-state index contributed by atoms with van der Waals surface area (Å²) >= 11 is 0. The van der Waals surface area contributed by atoms with Crippen molar-refractivity contribution in [3.05, 3.63) is 0 Å². The zero-order valence-electron chi connectivity index (χ0n) is 10.2. The van der Waals surface area contributed by atoms with Gasteiger partial charge >= 0.3 is 0 Å². The minimum atomic E-state index is 0.0290. The van der Waals surface area contributed by atoms with Crippen molar-refractivity contribution in [1.29, 1.82) is 0 Å². The van der Waals surface area contributed by atoms with E-state index in [1.807, 2.05) is 6.92 Å².